The molecule has 0 fully saturated rings. The zero-order chi connectivity index (χ0) is 28.0. The fraction of sp³-hybridized carbons (Fsp3) is 0.226. The Morgan fingerprint density at radius 3 is 2.58 bits per heavy atom. The highest BCUT2D eigenvalue weighted by atomic mass is 19.1. The van der Waals surface area contributed by atoms with E-state index in [1.54, 1.807) is 23.0 Å². The van der Waals surface area contributed by atoms with Gasteiger partial charge in [-0.15, -0.1) is 0 Å². The molecule has 2 aromatic carbocycles. The van der Waals surface area contributed by atoms with Crippen molar-refractivity contribution in [2.75, 3.05) is 25.5 Å². The molecule has 3 N–H and O–H groups in total. The molecule has 0 saturated carbocycles. The molecule has 9 heteroatoms. The number of nitrogens with one attached hydrogen (secondary N) is 1. The largest absolute Gasteiger partial charge is 0.364 e. The van der Waals surface area contributed by atoms with Crippen LogP contribution in [0.3, 0.4) is 0 Å². The molecule has 2 aliphatic rings. The summed E-state index contributed by atoms with van der Waals surface area (Å²) >= 11 is 0. The molecule has 6 rings (SSSR count). The van der Waals surface area contributed by atoms with Crippen molar-refractivity contribution < 1.29 is 14.0 Å². The van der Waals surface area contributed by atoms with Crippen LogP contribution < -0.4 is 11.1 Å². The molecular formula is C31H29FN6O2. The first kappa shape index (κ1) is 25.6. The van der Waals surface area contributed by atoms with Crippen LogP contribution in [0.25, 0.3) is 22.5 Å². The van der Waals surface area contributed by atoms with Gasteiger partial charge >= 0.3 is 0 Å². The first-order chi connectivity index (χ1) is 19.3. The van der Waals surface area contributed by atoms with Gasteiger partial charge in [-0.3, -0.25) is 14.6 Å². The number of fused-ring (bicyclic) bond motifs is 3. The van der Waals surface area contributed by atoms with Gasteiger partial charge in [0.05, 0.1) is 17.1 Å². The lowest BCUT2D eigenvalue weighted by Gasteiger charge is -2.22. The molecule has 2 amide bonds. The summed E-state index contributed by atoms with van der Waals surface area (Å²) in [6.45, 7) is 3.68. The van der Waals surface area contributed by atoms with Gasteiger partial charge in [0.25, 0.3) is 11.8 Å². The topological polar surface area (TPSA) is 106 Å². The van der Waals surface area contributed by atoms with Crippen LogP contribution in [0.5, 0.6) is 0 Å². The summed E-state index contributed by atoms with van der Waals surface area (Å²) in [5.41, 5.74) is 13.8. The second-order valence-corrected chi connectivity index (χ2v) is 10.4. The van der Waals surface area contributed by atoms with E-state index in [1.807, 2.05) is 31.2 Å². The number of benzene rings is 2. The maximum atomic E-state index is 13.6. The number of carbonyl (C=O) groups is 2. The van der Waals surface area contributed by atoms with Gasteiger partial charge in [-0.25, -0.2) is 9.07 Å². The second kappa shape index (κ2) is 10.2. The molecule has 3 heterocycles. The van der Waals surface area contributed by atoms with Crippen molar-refractivity contribution >= 4 is 23.1 Å². The lowest BCUT2D eigenvalue weighted by molar-refractivity contribution is 0.0992. The number of halogens is 1. The minimum Gasteiger partial charge on any atom is -0.364 e. The molecule has 2 aromatic heterocycles. The number of primary amides is 1. The van der Waals surface area contributed by atoms with Crippen molar-refractivity contribution in [3.63, 3.8) is 0 Å². The highest BCUT2D eigenvalue weighted by Crippen LogP contribution is 2.38. The normalized spacial score (nSPS) is 14.7. The summed E-state index contributed by atoms with van der Waals surface area (Å²) in [4.78, 5) is 32.5. The average Bonchev–Trinajstić information content (AvgIpc) is 3.35. The Morgan fingerprint density at radius 2 is 1.85 bits per heavy atom. The molecule has 202 valence electrons. The maximum Gasteiger partial charge on any atom is 0.269 e. The number of anilines is 1. The molecule has 0 saturated heterocycles. The molecule has 1 aliphatic carbocycles. The number of amides is 2. The number of nitrogens with zero attached hydrogens (tertiary/aromatic N) is 4. The van der Waals surface area contributed by atoms with Crippen molar-refractivity contribution in [1.82, 2.24) is 19.7 Å². The standard InChI is InChI=1S/C31H29FN6O2/c1-18-17-34-27(20-11-13-37(2)14-12-20)16-25(18)31(40)35-22-7-3-19-4-10-24-28(30(33)39)36-38(29(24)26(19)15-22)23-8-5-21(32)6-9-23/h3,5-9,11,15-17H,4,10,12-14H2,1-2H3,(H2,33,39)(H,35,40). The summed E-state index contributed by atoms with van der Waals surface area (Å²) in [6.07, 6.45) is 6.08. The zero-order valence-electron chi connectivity index (χ0n) is 22.4. The average molecular weight is 537 g/mol. The molecule has 0 radical (unpaired) electrons. The molecule has 8 nitrogen and oxygen atoms in total. The number of carbonyl (C=O) groups excluding carboxylic acids is 2. The molecule has 1 aliphatic heterocycles. The Labute approximate surface area is 231 Å². The van der Waals surface area contributed by atoms with Gasteiger partial charge in [0.15, 0.2) is 5.69 Å². The SMILES string of the molecule is Cc1cnc(C2=CCN(C)CC2)cc1C(=O)Nc1ccc2c(c1)-c1c(c(C(N)=O)nn1-c1ccc(F)cc1)CC2. The van der Waals surface area contributed by atoms with E-state index in [4.69, 9.17) is 5.73 Å². The molecule has 0 atom stereocenters. The van der Waals surface area contributed by atoms with Gasteiger partial charge in [-0.1, -0.05) is 12.1 Å². The van der Waals surface area contributed by atoms with E-state index in [2.05, 4.69) is 33.4 Å². The lowest BCUT2D eigenvalue weighted by atomic mass is 9.88. The quantitative estimate of drug-likeness (QED) is 0.389. The van der Waals surface area contributed by atoms with Gasteiger partial charge in [-0.2, -0.15) is 5.10 Å². The van der Waals surface area contributed by atoms with Crippen LogP contribution in [0.15, 0.2) is 60.8 Å². The first-order valence-corrected chi connectivity index (χ1v) is 13.3. The van der Waals surface area contributed by atoms with Gasteiger partial charge in [0.2, 0.25) is 0 Å². The third-order valence-corrected chi connectivity index (χ3v) is 7.64. The zero-order valence-corrected chi connectivity index (χ0v) is 22.4. The Morgan fingerprint density at radius 1 is 1.05 bits per heavy atom. The van der Waals surface area contributed by atoms with Crippen molar-refractivity contribution in [3.8, 4) is 16.9 Å². The fourth-order valence-corrected chi connectivity index (χ4v) is 5.43. The number of hydrogen-bond donors (Lipinski definition) is 2. The Balaban J connectivity index is 1.36. The summed E-state index contributed by atoms with van der Waals surface area (Å²) < 4.78 is 15.3. The van der Waals surface area contributed by atoms with Crippen LogP contribution in [0.2, 0.25) is 0 Å². The third kappa shape index (κ3) is 4.69. The predicted molar refractivity (Wildman–Crippen MR) is 152 cm³/mol. The predicted octanol–water partition coefficient (Wildman–Crippen LogP) is 4.55. The number of rotatable bonds is 5. The number of likely N-dealkylation sites (N-methyl/N-ethyl adjacent to an activating group) is 1. The van der Waals surface area contributed by atoms with E-state index in [1.165, 1.54) is 12.1 Å². The third-order valence-electron chi connectivity index (χ3n) is 7.64. The van der Waals surface area contributed by atoms with Crippen molar-refractivity contribution in [1.29, 1.82) is 0 Å². The summed E-state index contributed by atoms with van der Waals surface area (Å²) in [5.74, 6) is -1.21. The van der Waals surface area contributed by atoms with E-state index in [-0.39, 0.29) is 17.4 Å². The number of pyridine rings is 1. The highest BCUT2D eigenvalue weighted by molar-refractivity contribution is 6.06. The van der Waals surface area contributed by atoms with Crippen LogP contribution in [0, 0.1) is 12.7 Å². The van der Waals surface area contributed by atoms with E-state index < -0.39 is 5.91 Å². The van der Waals surface area contributed by atoms with Crippen molar-refractivity contribution in [2.45, 2.75) is 26.2 Å². The lowest BCUT2D eigenvalue weighted by Crippen LogP contribution is -2.24. The first-order valence-electron chi connectivity index (χ1n) is 13.3. The smallest absolute Gasteiger partial charge is 0.269 e. The summed E-state index contributed by atoms with van der Waals surface area (Å²) in [5, 5.41) is 7.56. The number of hydrogen-bond acceptors (Lipinski definition) is 5. The van der Waals surface area contributed by atoms with Gasteiger partial charge in [0.1, 0.15) is 5.82 Å². The Kier molecular flexibility index (Phi) is 6.51. The molecule has 0 unspecified atom stereocenters. The minimum absolute atomic E-state index is 0.197. The van der Waals surface area contributed by atoms with E-state index >= 15 is 0 Å². The molecule has 40 heavy (non-hydrogen) atoms. The van der Waals surface area contributed by atoms with Gasteiger partial charge < -0.3 is 16.0 Å². The van der Waals surface area contributed by atoms with Crippen LogP contribution in [0.1, 0.15) is 49.7 Å². The van der Waals surface area contributed by atoms with Crippen molar-refractivity contribution in [3.05, 3.63) is 100 Å². The monoisotopic (exact) mass is 536 g/mol. The summed E-state index contributed by atoms with van der Waals surface area (Å²) in [6, 6.07) is 13.5. The van der Waals surface area contributed by atoms with Crippen LogP contribution in [0.4, 0.5) is 10.1 Å². The second-order valence-electron chi connectivity index (χ2n) is 10.4. The van der Waals surface area contributed by atoms with Crippen molar-refractivity contribution in [2.24, 2.45) is 5.73 Å². The molecule has 0 spiro atoms. The maximum absolute atomic E-state index is 13.6. The number of aryl methyl sites for hydroxylation is 2. The Bertz CT molecular complexity index is 1690. The summed E-state index contributed by atoms with van der Waals surface area (Å²) in [7, 11) is 2.08. The van der Waals surface area contributed by atoms with Crippen LogP contribution in [-0.4, -0.2) is 51.6 Å². The van der Waals surface area contributed by atoms with Crippen LogP contribution in [-0.2, 0) is 12.8 Å². The van der Waals surface area contributed by atoms with Gasteiger partial charge in [-0.05, 0) is 92.4 Å². The van der Waals surface area contributed by atoms with E-state index in [9.17, 15) is 14.0 Å². The fourth-order valence-electron chi connectivity index (χ4n) is 5.43. The molecule has 4 aromatic rings. The number of aromatic nitrogens is 3. The van der Waals surface area contributed by atoms with E-state index in [0.717, 1.165) is 53.0 Å². The number of nitrogens with two attached hydrogens (primary N) is 1. The minimum atomic E-state index is -0.617. The van der Waals surface area contributed by atoms with E-state index in [0.29, 0.717) is 35.5 Å². The molecular weight excluding hydrogens is 507 g/mol. The van der Waals surface area contributed by atoms with Gasteiger partial charge in [0, 0.05) is 41.7 Å². The van der Waals surface area contributed by atoms with Crippen LogP contribution >= 0.6 is 0 Å². The molecule has 0 bridgehead atoms. The highest BCUT2D eigenvalue weighted by Gasteiger charge is 2.28. The Hall–Kier alpha value is -4.63.